The molecule has 1 aromatic rings. The number of sulfonamides is 1. The van der Waals surface area contributed by atoms with Crippen molar-refractivity contribution in [3.8, 4) is 0 Å². The summed E-state index contributed by atoms with van der Waals surface area (Å²) in [6.45, 7) is 1.79. The van der Waals surface area contributed by atoms with Crippen LogP contribution >= 0.6 is 27.3 Å². The van der Waals surface area contributed by atoms with Crippen molar-refractivity contribution in [2.24, 2.45) is 0 Å². The zero-order chi connectivity index (χ0) is 14.3. The number of halogens is 1. The van der Waals surface area contributed by atoms with Crippen LogP contribution in [0, 0.1) is 6.92 Å². The van der Waals surface area contributed by atoms with Crippen LogP contribution in [0.1, 0.15) is 31.2 Å². The molecule has 2 rings (SSSR count). The Labute approximate surface area is 124 Å². The van der Waals surface area contributed by atoms with E-state index in [1.165, 1.54) is 0 Å². The molecule has 1 fully saturated rings. The average Bonchev–Trinajstić information content (AvgIpc) is 2.88. The first-order valence-electron chi connectivity index (χ1n) is 5.80. The molecule has 1 aliphatic rings. The highest BCUT2D eigenvalue weighted by Gasteiger charge is 2.45. The summed E-state index contributed by atoms with van der Waals surface area (Å²) in [5.41, 5.74) is -0.524. The van der Waals surface area contributed by atoms with Gasteiger partial charge in [0.15, 0.2) is 0 Å². The fourth-order valence-corrected chi connectivity index (χ4v) is 5.85. The van der Waals surface area contributed by atoms with Gasteiger partial charge >= 0.3 is 5.97 Å². The summed E-state index contributed by atoms with van der Waals surface area (Å²) in [4.78, 5) is 11.4. The minimum atomic E-state index is -3.79. The first kappa shape index (κ1) is 15.0. The Balaban J connectivity index is 2.33. The minimum absolute atomic E-state index is 0.143. The standard InChI is InChI=1S/C11H14BrNO4S2/c1-7-6-8(18-9(7)12)19(16,17)13-11(10(14)15)4-2-3-5-11/h6,13H,2-5H2,1H3,(H,14,15). The molecule has 1 aliphatic carbocycles. The van der Waals surface area contributed by atoms with Gasteiger partial charge in [0, 0.05) is 0 Å². The summed E-state index contributed by atoms with van der Waals surface area (Å²) in [6.07, 6.45) is 2.13. The second-order valence-corrected chi connectivity index (χ2v) is 9.00. The Bertz CT molecular complexity index is 583. The molecule has 0 radical (unpaired) electrons. The van der Waals surface area contributed by atoms with E-state index in [-0.39, 0.29) is 4.21 Å². The normalized spacial score (nSPS) is 18.6. The maximum atomic E-state index is 12.3. The minimum Gasteiger partial charge on any atom is -0.480 e. The lowest BCUT2D eigenvalue weighted by Crippen LogP contribution is -2.52. The molecular formula is C11H14BrNO4S2. The second-order valence-electron chi connectivity index (χ2n) is 4.72. The average molecular weight is 368 g/mol. The van der Waals surface area contributed by atoms with Gasteiger partial charge in [-0.15, -0.1) is 11.3 Å². The van der Waals surface area contributed by atoms with Crippen LogP contribution in [0.3, 0.4) is 0 Å². The number of aliphatic carboxylic acids is 1. The summed E-state index contributed by atoms with van der Waals surface area (Å²) in [5.74, 6) is -1.10. The molecular weight excluding hydrogens is 354 g/mol. The zero-order valence-electron chi connectivity index (χ0n) is 10.3. The van der Waals surface area contributed by atoms with Crippen LogP contribution in [-0.4, -0.2) is 25.0 Å². The molecule has 0 unspecified atom stereocenters. The fourth-order valence-electron chi connectivity index (χ4n) is 2.21. The van der Waals surface area contributed by atoms with Gasteiger partial charge < -0.3 is 5.11 Å². The molecule has 0 aliphatic heterocycles. The first-order valence-corrected chi connectivity index (χ1v) is 8.89. The van der Waals surface area contributed by atoms with Crippen LogP contribution < -0.4 is 4.72 Å². The SMILES string of the molecule is Cc1cc(S(=O)(=O)NC2(C(=O)O)CCCC2)sc1Br. The number of carboxylic acids is 1. The molecule has 1 heterocycles. The van der Waals surface area contributed by atoms with Gasteiger partial charge in [-0.3, -0.25) is 4.79 Å². The van der Waals surface area contributed by atoms with Gasteiger partial charge in [-0.1, -0.05) is 12.8 Å². The third kappa shape index (κ3) is 2.86. The van der Waals surface area contributed by atoms with E-state index >= 15 is 0 Å². The topological polar surface area (TPSA) is 83.5 Å². The number of hydrogen-bond acceptors (Lipinski definition) is 4. The summed E-state index contributed by atoms with van der Waals surface area (Å²) in [7, 11) is -3.79. The predicted octanol–water partition coefficient (Wildman–Crippen LogP) is 2.49. The van der Waals surface area contributed by atoms with E-state index in [0.29, 0.717) is 12.8 Å². The molecule has 0 saturated heterocycles. The third-order valence-corrected chi connectivity index (χ3v) is 7.44. The highest BCUT2D eigenvalue weighted by atomic mass is 79.9. The fraction of sp³-hybridized carbons (Fsp3) is 0.545. The van der Waals surface area contributed by atoms with Crippen molar-refractivity contribution in [3.63, 3.8) is 0 Å². The number of nitrogens with one attached hydrogen (secondary N) is 1. The Morgan fingerprint density at radius 2 is 2.05 bits per heavy atom. The quantitative estimate of drug-likeness (QED) is 0.855. The van der Waals surface area contributed by atoms with Crippen molar-refractivity contribution in [3.05, 3.63) is 15.4 Å². The zero-order valence-corrected chi connectivity index (χ0v) is 13.5. The van der Waals surface area contributed by atoms with Crippen molar-refractivity contribution in [2.45, 2.75) is 42.4 Å². The smallest absolute Gasteiger partial charge is 0.324 e. The van der Waals surface area contributed by atoms with Crippen molar-refractivity contribution < 1.29 is 18.3 Å². The van der Waals surface area contributed by atoms with Gasteiger partial charge in [-0.25, -0.2) is 8.42 Å². The lowest BCUT2D eigenvalue weighted by Gasteiger charge is -2.24. The number of rotatable bonds is 4. The maximum absolute atomic E-state index is 12.3. The lowest BCUT2D eigenvalue weighted by atomic mass is 10.0. The van der Waals surface area contributed by atoms with Crippen LogP contribution in [0.15, 0.2) is 14.1 Å². The van der Waals surface area contributed by atoms with Gasteiger partial charge in [0.05, 0.1) is 3.79 Å². The largest absolute Gasteiger partial charge is 0.480 e. The highest BCUT2D eigenvalue weighted by molar-refractivity contribution is 9.11. The molecule has 106 valence electrons. The predicted molar refractivity (Wildman–Crippen MR) is 75.9 cm³/mol. The molecule has 1 aromatic heterocycles. The van der Waals surface area contributed by atoms with Gasteiger partial charge in [0.2, 0.25) is 0 Å². The van der Waals surface area contributed by atoms with Crippen LogP contribution in [0.4, 0.5) is 0 Å². The van der Waals surface area contributed by atoms with Gasteiger partial charge in [0.1, 0.15) is 9.75 Å². The van der Waals surface area contributed by atoms with E-state index in [4.69, 9.17) is 0 Å². The highest BCUT2D eigenvalue weighted by Crippen LogP contribution is 2.34. The monoisotopic (exact) mass is 367 g/mol. The second kappa shape index (κ2) is 5.16. The van der Waals surface area contributed by atoms with Crippen LogP contribution in [0.2, 0.25) is 0 Å². The van der Waals surface area contributed by atoms with Crippen molar-refractivity contribution in [1.82, 2.24) is 4.72 Å². The summed E-state index contributed by atoms with van der Waals surface area (Å²) in [5, 5.41) is 9.30. The number of hydrogen-bond donors (Lipinski definition) is 2. The number of aryl methyl sites for hydroxylation is 1. The van der Waals surface area contributed by atoms with Crippen molar-refractivity contribution in [2.75, 3.05) is 0 Å². The lowest BCUT2D eigenvalue weighted by molar-refractivity contribution is -0.143. The van der Waals surface area contributed by atoms with E-state index in [0.717, 1.165) is 33.5 Å². The molecule has 0 spiro atoms. The molecule has 0 bridgehead atoms. The molecule has 8 heteroatoms. The van der Waals surface area contributed by atoms with E-state index < -0.39 is 21.5 Å². The van der Waals surface area contributed by atoms with E-state index in [9.17, 15) is 18.3 Å². The Hall–Kier alpha value is -0.440. The molecule has 0 aromatic carbocycles. The van der Waals surface area contributed by atoms with Crippen LogP contribution in [0.25, 0.3) is 0 Å². The Morgan fingerprint density at radius 1 is 1.47 bits per heavy atom. The van der Waals surface area contributed by atoms with Crippen LogP contribution in [-0.2, 0) is 14.8 Å². The molecule has 0 atom stereocenters. The van der Waals surface area contributed by atoms with Gasteiger partial charge in [-0.2, -0.15) is 4.72 Å². The maximum Gasteiger partial charge on any atom is 0.324 e. The third-order valence-electron chi connectivity index (χ3n) is 3.30. The van der Waals surface area contributed by atoms with Crippen LogP contribution in [0.5, 0.6) is 0 Å². The van der Waals surface area contributed by atoms with Crippen molar-refractivity contribution in [1.29, 1.82) is 0 Å². The summed E-state index contributed by atoms with van der Waals surface area (Å²) < 4.78 is 27.8. The van der Waals surface area contributed by atoms with Gasteiger partial charge in [0.25, 0.3) is 10.0 Å². The Morgan fingerprint density at radius 3 is 2.47 bits per heavy atom. The molecule has 2 N–H and O–H groups in total. The van der Waals surface area contributed by atoms with Gasteiger partial charge in [-0.05, 0) is 47.3 Å². The molecule has 0 amide bonds. The van der Waals surface area contributed by atoms with E-state index in [2.05, 4.69) is 20.7 Å². The van der Waals surface area contributed by atoms with E-state index in [1.54, 1.807) is 13.0 Å². The Kier molecular flexibility index (Phi) is 4.06. The number of carbonyl (C=O) groups is 1. The summed E-state index contributed by atoms with van der Waals surface area (Å²) >= 11 is 4.36. The number of thiophene rings is 1. The number of carboxylic acid groups (broad SMARTS) is 1. The first-order chi connectivity index (χ1) is 8.77. The van der Waals surface area contributed by atoms with E-state index in [1.807, 2.05) is 0 Å². The molecule has 1 saturated carbocycles. The molecule has 5 nitrogen and oxygen atoms in total. The van der Waals surface area contributed by atoms with Crippen molar-refractivity contribution >= 4 is 43.3 Å². The molecule has 19 heavy (non-hydrogen) atoms. The summed E-state index contributed by atoms with van der Waals surface area (Å²) in [6, 6.07) is 1.54.